The fourth-order valence-electron chi connectivity index (χ4n) is 1.67. The van der Waals surface area contributed by atoms with E-state index in [0.29, 0.717) is 0 Å². The highest BCUT2D eigenvalue weighted by Crippen LogP contribution is 2.29. The molecule has 2 aromatic rings. The minimum absolute atomic E-state index is 0.208. The fraction of sp³-hybridized carbons (Fsp3) is 0.182. The molecule has 76 valence electrons. The molecule has 1 aromatic heterocycles. The maximum Gasteiger partial charge on any atom is 0.123 e. The number of benzene rings is 1. The predicted molar refractivity (Wildman–Crippen MR) is 58.3 cm³/mol. The van der Waals surface area contributed by atoms with Crippen LogP contribution in [0.3, 0.4) is 0 Å². The van der Waals surface area contributed by atoms with Crippen LogP contribution in [0.1, 0.15) is 0 Å². The van der Waals surface area contributed by atoms with E-state index in [0.717, 1.165) is 23.6 Å². The Morgan fingerprint density at radius 2 is 2.07 bits per heavy atom. The van der Waals surface area contributed by atoms with E-state index in [1.807, 2.05) is 16.4 Å². The first-order valence-corrected chi connectivity index (χ1v) is 5.78. The van der Waals surface area contributed by atoms with Gasteiger partial charge < -0.3 is 0 Å². The Morgan fingerprint density at radius 3 is 2.80 bits per heavy atom. The Balaban J connectivity index is 2.02. The second-order valence-electron chi connectivity index (χ2n) is 3.45. The summed E-state index contributed by atoms with van der Waals surface area (Å²) < 4.78 is 14.7. The molecule has 0 amide bonds. The third-order valence-electron chi connectivity index (χ3n) is 2.44. The lowest BCUT2D eigenvalue weighted by Crippen LogP contribution is -1.95. The summed E-state index contributed by atoms with van der Waals surface area (Å²) in [5, 5.41) is 5.67. The number of aromatic nitrogens is 2. The van der Waals surface area contributed by atoms with Gasteiger partial charge in [-0.15, -0.1) is 11.8 Å². The number of fused-ring (bicyclic) bond motifs is 1. The summed E-state index contributed by atoms with van der Waals surface area (Å²) in [4.78, 5) is 0. The first-order chi connectivity index (χ1) is 7.33. The topological polar surface area (TPSA) is 17.8 Å². The van der Waals surface area contributed by atoms with E-state index in [1.165, 1.54) is 17.2 Å². The number of aryl methyl sites for hydroxylation is 1. The molecule has 0 unspecified atom stereocenters. The molecule has 3 rings (SSSR count). The Labute approximate surface area is 91.1 Å². The minimum Gasteiger partial charge on any atom is -0.258 e. The quantitative estimate of drug-likeness (QED) is 0.735. The van der Waals surface area contributed by atoms with E-state index in [1.54, 1.807) is 12.1 Å². The average Bonchev–Trinajstić information content (AvgIpc) is 2.78. The molecule has 1 aromatic carbocycles. The van der Waals surface area contributed by atoms with Gasteiger partial charge in [-0.1, -0.05) is 0 Å². The molecule has 2 nitrogen and oxygen atoms in total. The SMILES string of the molecule is Fc1ccc(-c2cc3n(n2)CCS3)cc1. The maximum atomic E-state index is 12.7. The summed E-state index contributed by atoms with van der Waals surface area (Å²) in [5.74, 6) is 0.895. The van der Waals surface area contributed by atoms with Crippen molar-refractivity contribution >= 4 is 11.8 Å². The summed E-state index contributed by atoms with van der Waals surface area (Å²) in [7, 11) is 0. The Kier molecular flexibility index (Phi) is 2.02. The molecule has 0 fully saturated rings. The molecule has 1 aliphatic rings. The summed E-state index contributed by atoms with van der Waals surface area (Å²) in [6.45, 7) is 0.973. The lowest BCUT2D eigenvalue weighted by atomic mass is 10.1. The molecule has 0 bridgehead atoms. The van der Waals surface area contributed by atoms with Gasteiger partial charge in [-0.2, -0.15) is 5.10 Å². The van der Waals surface area contributed by atoms with Gasteiger partial charge in [-0.25, -0.2) is 4.39 Å². The highest BCUT2D eigenvalue weighted by atomic mass is 32.2. The van der Waals surface area contributed by atoms with Crippen molar-refractivity contribution in [1.82, 2.24) is 9.78 Å². The predicted octanol–water partition coefficient (Wildman–Crippen LogP) is 2.79. The molecule has 0 saturated carbocycles. The third-order valence-corrected chi connectivity index (χ3v) is 3.45. The van der Waals surface area contributed by atoms with E-state index < -0.39 is 0 Å². The van der Waals surface area contributed by atoms with Crippen LogP contribution in [-0.2, 0) is 6.54 Å². The van der Waals surface area contributed by atoms with Crippen molar-refractivity contribution in [3.05, 3.63) is 36.1 Å². The van der Waals surface area contributed by atoms with E-state index in [2.05, 4.69) is 11.2 Å². The van der Waals surface area contributed by atoms with Crippen molar-refractivity contribution < 1.29 is 4.39 Å². The van der Waals surface area contributed by atoms with Crippen LogP contribution in [-0.4, -0.2) is 15.5 Å². The van der Waals surface area contributed by atoms with Crippen LogP contribution in [0.4, 0.5) is 4.39 Å². The molecule has 0 N–H and O–H groups in total. The van der Waals surface area contributed by atoms with Crippen LogP contribution < -0.4 is 0 Å². The van der Waals surface area contributed by atoms with Gasteiger partial charge in [-0.05, 0) is 30.3 Å². The van der Waals surface area contributed by atoms with Gasteiger partial charge in [0.1, 0.15) is 5.82 Å². The zero-order chi connectivity index (χ0) is 10.3. The first kappa shape index (κ1) is 8.97. The number of hydrogen-bond acceptors (Lipinski definition) is 2. The van der Waals surface area contributed by atoms with E-state index >= 15 is 0 Å². The number of hydrogen-bond donors (Lipinski definition) is 0. The number of nitrogens with zero attached hydrogens (tertiary/aromatic N) is 2. The van der Waals surface area contributed by atoms with Crippen molar-refractivity contribution in [1.29, 1.82) is 0 Å². The van der Waals surface area contributed by atoms with Crippen LogP contribution in [0.5, 0.6) is 0 Å². The summed E-state index contributed by atoms with van der Waals surface area (Å²) in [6, 6.07) is 8.51. The average molecular weight is 220 g/mol. The molecule has 0 aliphatic carbocycles. The standard InChI is InChI=1S/C11H9FN2S/c12-9-3-1-8(2-4-9)10-7-11-14(13-10)5-6-15-11/h1-4,7H,5-6H2. The van der Waals surface area contributed by atoms with Crippen LogP contribution in [0.15, 0.2) is 35.4 Å². The third kappa shape index (κ3) is 1.55. The highest BCUT2D eigenvalue weighted by Gasteiger charge is 2.14. The highest BCUT2D eigenvalue weighted by molar-refractivity contribution is 7.99. The summed E-state index contributed by atoms with van der Waals surface area (Å²) >= 11 is 1.81. The van der Waals surface area contributed by atoms with Gasteiger partial charge in [0.2, 0.25) is 0 Å². The van der Waals surface area contributed by atoms with Gasteiger partial charge in [0.15, 0.2) is 0 Å². The van der Waals surface area contributed by atoms with E-state index in [-0.39, 0.29) is 5.82 Å². The molecule has 4 heteroatoms. The minimum atomic E-state index is -0.208. The molecule has 0 saturated heterocycles. The second-order valence-corrected chi connectivity index (χ2v) is 4.56. The molecule has 0 radical (unpaired) electrons. The van der Waals surface area contributed by atoms with Crippen molar-refractivity contribution in [2.24, 2.45) is 0 Å². The van der Waals surface area contributed by atoms with Gasteiger partial charge in [0, 0.05) is 11.3 Å². The van der Waals surface area contributed by atoms with Gasteiger partial charge >= 0.3 is 0 Å². The van der Waals surface area contributed by atoms with Crippen LogP contribution in [0.2, 0.25) is 0 Å². The molecule has 15 heavy (non-hydrogen) atoms. The Morgan fingerprint density at radius 1 is 1.27 bits per heavy atom. The zero-order valence-electron chi connectivity index (χ0n) is 7.98. The summed E-state index contributed by atoms with van der Waals surface area (Å²) in [6.07, 6.45) is 0. The van der Waals surface area contributed by atoms with Crippen LogP contribution in [0, 0.1) is 5.82 Å². The van der Waals surface area contributed by atoms with Crippen molar-refractivity contribution in [3.63, 3.8) is 0 Å². The van der Waals surface area contributed by atoms with Crippen molar-refractivity contribution in [2.75, 3.05) is 5.75 Å². The lowest BCUT2D eigenvalue weighted by molar-refractivity contribution is 0.627. The Hall–Kier alpha value is -1.29. The number of thioether (sulfide) groups is 1. The molecular weight excluding hydrogens is 211 g/mol. The monoisotopic (exact) mass is 220 g/mol. The molecule has 0 spiro atoms. The molecule has 2 heterocycles. The van der Waals surface area contributed by atoms with Crippen LogP contribution >= 0.6 is 11.8 Å². The van der Waals surface area contributed by atoms with Crippen molar-refractivity contribution in [2.45, 2.75) is 11.6 Å². The largest absolute Gasteiger partial charge is 0.258 e. The molecule has 1 aliphatic heterocycles. The van der Waals surface area contributed by atoms with E-state index in [9.17, 15) is 4.39 Å². The van der Waals surface area contributed by atoms with Crippen molar-refractivity contribution in [3.8, 4) is 11.3 Å². The normalized spacial score (nSPS) is 14.2. The molecule has 0 atom stereocenters. The molecular formula is C11H9FN2S. The van der Waals surface area contributed by atoms with Crippen LogP contribution in [0.25, 0.3) is 11.3 Å². The van der Waals surface area contributed by atoms with Gasteiger partial charge in [0.05, 0.1) is 17.3 Å². The summed E-state index contributed by atoms with van der Waals surface area (Å²) in [5.41, 5.74) is 1.90. The zero-order valence-corrected chi connectivity index (χ0v) is 8.80. The second kappa shape index (κ2) is 3.38. The Bertz CT molecular complexity index is 468. The lowest BCUT2D eigenvalue weighted by Gasteiger charge is -1.96. The van der Waals surface area contributed by atoms with Gasteiger partial charge in [0.25, 0.3) is 0 Å². The number of halogens is 1. The smallest absolute Gasteiger partial charge is 0.123 e. The maximum absolute atomic E-state index is 12.7. The van der Waals surface area contributed by atoms with Gasteiger partial charge in [-0.3, -0.25) is 4.68 Å². The first-order valence-electron chi connectivity index (χ1n) is 4.79. The number of rotatable bonds is 1. The fourth-order valence-corrected chi connectivity index (χ4v) is 2.62. The van der Waals surface area contributed by atoms with E-state index in [4.69, 9.17) is 0 Å².